The fourth-order valence-electron chi connectivity index (χ4n) is 2.54. The second-order valence-corrected chi connectivity index (χ2v) is 6.25. The van der Waals surface area contributed by atoms with Gasteiger partial charge in [0.05, 0.1) is 5.69 Å². The summed E-state index contributed by atoms with van der Waals surface area (Å²) in [5.74, 6) is 2.21. The van der Waals surface area contributed by atoms with Crippen molar-refractivity contribution in [3.05, 3.63) is 24.0 Å². The van der Waals surface area contributed by atoms with Crippen LogP contribution in [-0.2, 0) is 0 Å². The second-order valence-electron chi connectivity index (χ2n) is 5.16. The van der Waals surface area contributed by atoms with Gasteiger partial charge in [0.2, 0.25) is 0 Å². The minimum atomic E-state index is 0.351. The van der Waals surface area contributed by atoms with Gasteiger partial charge in [-0.15, -0.1) is 11.8 Å². The van der Waals surface area contributed by atoms with Gasteiger partial charge in [0.1, 0.15) is 0 Å². The molecule has 2 nitrogen and oxygen atoms in total. The van der Waals surface area contributed by atoms with E-state index in [1.807, 2.05) is 18.0 Å². The molecule has 0 aromatic carbocycles. The first-order chi connectivity index (χ1) is 8.79. The molecule has 100 valence electrons. The van der Waals surface area contributed by atoms with Crippen molar-refractivity contribution in [1.29, 1.82) is 0 Å². The van der Waals surface area contributed by atoms with E-state index in [4.69, 9.17) is 0 Å². The zero-order chi connectivity index (χ0) is 12.8. The first-order valence-corrected chi connectivity index (χ1v) is 8.10. The smallest absolute Gasteiger partial charge is 0.0571 e. The quantitative estimate of drug-likeness (QED) is 0.785. The summed E-state index contributed by atoms with van der Waals surface area (Å²) >= 11 is 1.97. The van der Waals surface area contributed by atoms with Crippen LogP contribution in [0.2, 0.25) is 0 Å². The van der Waals surface area contributed by atoms with Crippen LogP contribution in [0.25, 0.3) is 0 Å². The molecular weight excluding hydrogens is 240 g/mol. The van der Waals surface area contributed by atoms with Crippen molar-refractivity contribution in [2.75, 3.05) is 12.3 Å². The van der Waals surface area contributed by atoms with Gasteiger partial charge in [0, 0.05) is 22.9 Å². The van der Waals surface area contributed by atoms with E-state index < -0.39 is 0 Å². The number of nitrogens with zero attached hydrogens (tertiary/aromatic N) is 1. The molecule has 1 N–H and O–H groups in total. The standard InChI is InChI=1S/C15H24N2S/c1-3-16-12(2)15-9-8-14(10-17-15)18-11-13-6-4-5-7-13/h8-10,12-13,16H,3-7,11H2,1-2H3. The van der Waals surface area contributed by atoms with Gasteiger partial charge in [0.15, 0.2) is 0 Å². The Balaban J connectivity index is 1.83. The van der Waals surface area contributed by atoms with Crippen molar-refractivity contribution in [3.63, 3.8) is 0 Å². The van der Waals surface area contributed by atoms with Crippen molar-refractivity contribution in [3.8, 4) is 0 Å². The lowest BCUT2D eigenvalue weighted by atomic mass is 10.1. The predicted octanol–water partition coefficient (Wildman–Crippen LogP) is 4.03. The van der Waals surface area contributed by atoms with Gasteiger partial charge in [-0.3, -0.25) is 4.98 Å². The Morgan fingerprint density at radius 2 is 2.17 bits per heavy atom. The van der Waals surface area contributed by atoms with Crippen LogP contribution in [0.4, 0.5) is 0 Å². The molecule has 1 aromatic rings. The number of rotatable bonds is 6. The molecule has 1 aliphatic rings. The Morgan fingerprint density at radius 1 is 1.39 bits per heavy atom. The first-order valence-electron chi connectivity index (χ1n) is 7.11. The largest absolute Gasteiger partial charge is 0.309 e. The lowest BCUT2D eigenvalue weighted by Gasteiger charge is -2.12. The van der Waals surface area contributed by atoms with Gasteiger partial charge in [0.25, 0.3) is 0 Å². The molecule has 2 rings (SSSR count). The molecule has 0 aliphatic heterocycles. The van der Waals surface area contributed by atoms with E-state index in [9.17, 15) is 0 Å². The van der Waals surface area contributed by atoms with Gasteiger partial charge in [-0.1, -0.05) is 19.8 Å². The van der Waals surface area contributed by atoms with E-state index in [1.165, 1.54) is 36.3 Å². The highest BCUT2D eigenvalue weighted by atomic mass is 32.2. The summed E-state index contributed by atoms with van der Waals surface area (Å²) in [7, 11) is 0. The van der Waals surface area contributed by atoms with Crippen molar-refractivity contribution in [2.45, 2.75) is 50.5 Å². The third kappa shape index (κ3) is 3.99. The summed E-state index contributed by atoms with van der Waals surface area (Å²) < 4.78 is 0. The molecule has 1 atom stereocenters. The molecule has 3 heteroatoms. The van der Waals surface area contributed by atoms with E-state index >= 15 is 0 Å². The fourth-order valence-corrected chi connectivity index (χ4v) is 3.59. The van der Waals surface area contributed by atoms with Crippen LogP contribution in [-0.4, -0.2) is 17.3 Å². The lowest BCUT2D eigenvalue weighted by Crippen LogP contribution is -2.18. The number of aromatic nitrogens is 1. The molecule has 0 amide bonds. The SMILES string of the molecule is CCNC(C)c1ccc(SCC2CCCC2)cn1. The number of hydrogen-bond acceptors (Lipinski definition) is 3. The zero-order valence-electron chi connectivity index (χ0n) is 11.5. The summed E-state index contributed by atoms with van der Waals surface area (Å²) in [6.45, 7) is 5.28. The van der Waals surface area contributed by atoms with E-state index in [0.717, 1.165) is 18.2 Å². The van der Waals surface area contributed by atoms with Gasteiger partial charge in [-0.05, 0) is 44.4 Å². The summed E-state index contributed by atoms with van der Waals surface area (Å²) in [4.78, 5) is 5.87. The average Bonchev–Trinajstić information content (AvgIpc) is 2.90. The van der Waals surface area contributed by atoms with Gasteiger partial charge < -0.3 is 5.32 Å². The van der Waals surface area contributed by atoms with Crippen LogP contribution in [0.15, 0.2) is 23.2 Å². The highest BCUT2D eigenvalue weighted by molar-refractivity contribution is 7.99. The molecule has 0 spiro atoms. The monoisotopic (exact) mass is 264 g/mol. The summed E-state index contributed by atoms with van der Waals surface area (Å²) in [6, 6.07) is 4.73. The number of thioether (sulfide) groups is 1. The highest BCUT2D eigenvalue weighted by Crippen LogP contribution is 2.30. The molecule has 0 saturated heterocycles. The Morgan fingerprint density at radius 3 is 2.78 bits per heavy atom. The van der Waals surface area contributed by atoms with Crippen LogP contribution in [0, 0.1) is 5.92 Å². The van der Waals surface area contributed by atoms with Gasteiger partial charge in [-0.25, -0.2) is 0 Å². The van der Waals surface area contributed by atoms with E-state index in [2.05, 4.69) is 36.3 Å². The molecule has 1 fully saturated rings. The molecule has 18 heavy (non-hydrogen) atoms. The maximum atomic E-state index is 4.56. The van der Waals surface area contributed by atoms with E-state index in [-0.39, 0.29) is 0 Å². The molecule has 1 unspecified atom stereocenters. The number of pyridine rings is 1. The molecule has 1 saturated carbocycles. The zero-order valence-corrected chi connectivity index (χ0v) is 12.3. The van der Waals surface area contributed by atoms with E-state index in [1.54, 1.807) is 0 Å². The first kappa shape index (κ1) is 13.9. The van der Waals surface area contributed by atoms with Gasteiger partial charge in [-0.2, -0.15) is 0 Å². The molecular formula is C15H24N2S. The van der Waals surface area contributed by atoms with Crippen LogP contribution in [0.5, 0.6) is 0 Å². The topological polar surface area (TPSA) is 24.9 Å². The Kier molecular flexibility index (Phi) is 5.51. The van der Waals surface area contributed by atoms with E-state index in [0.29, 0.717) is 6.04 Å². The summed E-state index contributed by atoms with van der Waals surface area (Å²) in [6.07, 6.45) is 7.75. The normalized spacial score (nSPS) is 18.1. The summed E-state index contributed by atoms with van der Waals surface area (Å²) in [5, 5.41) is 3.39. The molecule has 0 radical (unpaired) electrons. The maximum Gasteiger partial charge on any atom is 0.0571 e. The third-order valence-corrected chi connectivity index (χ3v) is 4.89. The molecule has 0 bridgehead atoms. The Labute approximate surface area is 115 Å². The second kappa shape index (κ2) is 7.15. The maximum absolute atomic E-state index is 4.56. The minimum absolute atomic E-state index is 0.351. The molecule has 1 heterocycles. The average molecular weight is 264 g/mol. The van der Waals surface area contributed by atoms with Crippen molar-refractivity contribution < 1.29 is 0 Å². The Hall–Kier alpha value is -0.540. The van der Waals surface area contributed by atoms with Crippen LogP contribution in [0.1, 0.15) is 51.3 Å². The van der Waals surface area contributed by atoms with Crippen molar-refractivity contribution >= 4 is 11.8 Å². The number of nitrogens with one attached hydrogen (secondary N) is 1. The van der Waals surface area contributed by atoms with Gasteiger partial charge >= 0.3 is 0 Å². The predicted molar refractivity (Wildman–Crippen MR) is 79.0 cm³/mol. The number of hydrogen-bond donors (Lipinski definition) is 1. The molecule has 1 aliphatic carbocycles. The third-order valence-electron chi connectivity index (χ3n) is 3.67. The van der Waals surface area contributed by atoms with Crippen LogP contribution >= 0.6 is 11.8 Å². The summed E-state index contributed by atoms with van der Waals surface area (Å²) in [5.41, 5.74) is 1.14. The van der Waals surface area contributed by atoms with Crippen LogP contribution in [0.3, 0.4) is 0 Å². The highest BCUT2D eigenvalue weighted by Gasteiger charge is 2.15. The lowest BCUT2D eigenvalue weighted by molar-refractivity contribution is 0.582. The van der Waals surface area contributed by atoms with Crippen molar-refractivity contribution in [1.82, 2.24) is 10.3 Å². The molecule has 1 aromatic heterocycles. The Bertz CT molecular complexity index is 344. The van der Waals surface area contributed by atoms with Crippen LogP contribution < -0.4 is 5.32 Å². The van der Waals surface area contributed by atoms with Crippen molar-refractivity contribution in [2.24, 2.45) is 5.92 Å². The fraction of sp³-hybridized carbons (Fsp3) is 0.667. The minimum Gasteiger partial charge on any atom is -0.309 e.